The third-order valence-electron chi connectivity index (χ3n) is 5.39. The topological polar surface area (TPSA) is 85.3 Å². The van der Waals surface area contributed by atoms with E-state index in [-0.39, 0.29) is 42.9 Å². The summed E-state index contributed by atoms with van der Waals surface area (Å²) in [5, 5.41) is 9.83. The average Bonchev–Trinajstić information content (AvgIpc) is 2.65. The van der Waals surface area contributed by atoms with Gasteiger partial charge in [-0.3, -0.25) is 9.59 Å². The molecule has 7 nitrogen and oxygen atoms in total. The summed E-state index contributed by atoms with van der Waals surface area (Å²) in [4.78, 5) is 26.2. The second-order valence-corrected chi connectivity index (χ2v) is 6.85. The second-order valence-electron chi connectivity index (χ2n) is 6.85. The molecule has 3 rings (SSSR count). The molecule has 2 heterocycles. The summed E-state index contributed by atoms with van der Waals surface area (Å²) in [6, 6.07) is 3.37. The van der Waals surface area contributed by atoms with E-state index in [1.807, 2.05) is 12.1 Å². The third-order valence-corrected chi connectivity index (χ3v) is 5.39. The Morgan fingerprint density at radius 3 is 2.50 bits per heavy atom. The lowest BCUT2D eigenvalue weighted by Crippen LogP contribution is -2.52. The van der Waals surface area contributed by atoms with Gasteiger partial charge in [-0.25, -0.2) is 0 Å². The predicted octanol–water partition coefficient (Wildman–Crippen LogP) is 1.46. The van der Waals surface area contributed by atoms with E-state index in [4.69, 9.17) is 14.2 Å². The van der Waals surface area contributed by atoms with Crippen molar-refractivity contribution in [1.82, 2.24) is 4.90 Å². The highest BCUT2D eigenvalue weighted by Gasteiger charge is 2.43. The van der Waals surface area contributed by atoms with Crippen molar-refractivity contribution in [2.45, 2.75) is 37.8 Å². The van der Waals surface area contributed by atoms with Gasteiger partial charge in [-0.15, -0.1) is 0 Å². The van der Waals surface area contributed by atoms with E-state index in [1.165, 1.54) is 7.11 Å². The molecule has 1 aromatic rings. The quantitative estimate of drug-likeness (QED) is 0.798. The fraction of sp³-hybridized carbons (Fsp3) is 0.579. The number of hydrogen-bond donors (Lipinski definition) is 1. The smallest absolute Gasteiger partial charge is 0.305 e. The highest BCUT2D eigenvalue weighted by Crippen LogP contribution is 2.45. The van der Waals surface area contributed by atoms with E-state index >= 15 is 0 Å². The van der Waals surface area contributed by atoms with Crippen molar-refractivity contribution in [2.24, 2.45) is 5.92 Å². The van der Waals surface area contributed by atoms with Crippen molar-refractivity contribution in [3.05, 3.63) is 23.3 Å². The minimum Gasteiger partial charge on any atom is -0.493 e. The number of fused-ring (bicyclic) bond motifs is 3. The summed E-state index contributed by atoms with van der Waals surface area (Å²) < 4.78 is 15.6. The van der Waals surface area contributed by atoms with Crippen molar-refractivity contribution in [2.75, 3.05) is 27.9 Å². The molecule has 26 heavy (non-hydrogen) atoms. The van der Waals surface area contributed by atoms with Gasteiger partial charge in [0.2, 0.25) is 5.91 Å². The summed E-state index contributed by atoms with van der Waals surface area (Å²) in [5.41, 5.74) is 2.03. The van der Waals surface area contributed by atoms with Crippen LogP contribution in [0.15, 0.2) is 12.1 Å². The summed E-state index contributed by atoms with van der Waals surface area (Å²) >= 11 is 0. The lowest BCUT2D eigenvalue weighted by atomic mass is 9.78. The van der Waals surface area contributed by atoms with Crippen LogP contribution in [-0.2, 0) is 20.7 Å². The summed E-state index contributed by atoms with van der Waals surface area (Å²) in [7, 11) is 4.51. The van der Waals surface area contributed by atoms with Crippen LogP contribution in [0.25, 0.3) is 0 Å². The average molecular weight is 363 g/mol. The Hall–Kier alpha value is -2.28. The second kappa shape index (κ2) is 7.53. The van der Waals surface area contributed by atoms with E-state index in [9.17, 15) is 14.7 Å². The number of esters is 1. The molecule has 1 amide bonds. The van der Waals surface area contributed by atoms with Crippen molar-refractivity contribution in [3.8, 4) is 11.5 Å². The Morgan fingerprint density at radius 1 is 1.19 bits per heavy atom. The first-order valence-corrected chi connectivity index (χ1v) is 8.76. The monoisotopic (exact) mass is 363 g/mol. The van der Waals surface area contributed by atoms with Crippen LogP contribution in [0.1, 0.15) is 36.4 Å². The largest absolute Gasteiger partial charge is 0.493 e. The van der Waals surface area contributed by atoms with Crippen molar-refractivity contribution >= 4 is 11.9 Å². The lowest BCUT2D eigenvalue weighted by Gasteiger charge is -2.47. The van der Waals surface area contributed by atoms with E-state index in [1.54, 1.807) is 19.1 Å². The van der Waals surface area contributed by atoms with Gasteiger partial charge in [0.15, 0.2) is 11.5 Å². The van der Waals surface area contributed by atoms with Crippen molar-refractivity contribution in [1.29, 1.82) is 0 Å². The molecule has 0 radical (unpaired) electrons. The first-order valence-electron chi connectivity index (χ1n) is 8.76. The minimum atomic E-state index is -0.307. The molecule has 0 bridgehead atoms. The molecule has 2 aliphatic rings. The predicted molar refractivity (Wildman–Crippen MR) is 93.1 cm³/mol. The Morgan fingerprint density at radius 2 is 1.88 bits per heavy atom. The maximum absolute atomic E-state index is 12.8. The van der Waals surface area contributed by atoms with E-state index in [0.717, 1.165) is 11.1 Å². The number of piperidine rings is 1. The first kappa shape index (κ1) is 18.5. The summed E-state index contributed by atoms with van der Waals surface area (Å²) in [6.07, 6.45) is 1.74. The van der Waals surface area contributed by atoms with E-state index < -0.39 is 0 Å². The van der Waals surface area contributed by atoms with Crippen molar-refractivity contribution in [3.63, 3.8) is 0 Å². The van der Waals surface area contributed by atoms with Gasteiger partial charge < -0.3 is 24.2 Å². The Kier molecular flexibility index (Phi) is 5.36. The number of carbonyl (C=O) groups excluding carboxylic acids is 2. The molecule has 2 aliphatic heterocycles. The molecule has 0 aliphatic carbocycles. The number of rotatable bonds is 5. The van der Waals surface area contributed by atoms with Gasteiger partial charge in [0, 0.05) is 12.8 Å². The van der Waals surface area contributed by atoms with Crippen LogP contribution in [0.4, 0.5) is 0 Å². The van der Waals surface area contributed by atoms with Gasteiger partial charge in [-0.2, -0.15) is 0 Å². The Balaban J connectivity index is 2.00. The molecular weight excluding hydrogens is 338 g/mol. The van der Waals surface area contributed by atoms with Crippen LogP contribution >= 0.6 is 0 Å². The first-order chi connectivity index (χ1) is 12.5. The fourth-order valence-corrected chi connectivity index (χ4v) is 4.18. The normalized spacial score (nSPS) is 24.5. The minimum absolute atomic E-state index is 0.0327. The van der Waals surface area contributed by atoms with Crippen LogP contribution in [0.5, 0.6) is 11.5 Å². The number of ether oxygens (including phenoxy) is 3. The van der Waals surface area contributed by atoms with E-state index in [2.05, 4.69) is 0 Å². The van der Waals surface area contributed by atoms with Crippen LogP contribution in [0.3, 0.4) is 0 Å². The molecule has 0 spiro atoms. The fourth-order valence-electron chi connectivity index (χ4n) is 4.18. The van der Waals surface area contributed by atoms with Crippen LogP contribution in [0.2, 0.25) is 0 Å². The molecule has 3 atom stereocenters. The number of nitrogens with zero attached hydrogens (tertiary/aromatic N) is 1. The summed E-state index contributed by atoms with van der Waals surface area (Å²) in [5.74, 6) is 0.823. The lowest BCUT2D eigenvalue weighted by molar-refractivity contribution is -0.148. The number of methoxy groups -OCH3 is 3. The SMILES string of the molecule is COC(=O)C[C@H]1CC(=O)N2[C@H](CO)Cc3cc(OC)c(OC)cc3[C@H]2C1. The Bertz CT molecular complexity index is 704. The van der Waals surface area contributed by atoms with Gasteiger partial charge in [0.1, 0.15) is 0 Å². The van der Waals surface area contributed by atoms with Crippen LogP contribution in [-0.4, -0.2) is 55.9 Å². The molecular formula is C19H25NO6. The van der Waals surface area contributed by atoms with Gasteiger partial charge >= 0.3 is 5.97 Å². The van der Waals surface area contributed by atoms with E-state index in [0.29, 0.717) is 30.8 Å². The number of carbonyl (C=O) groups is 2. The number of aliphatic hydroxyl groups excluding tert-OH is 1. The summed E-state index contributed by atoms with van der Waals surface area (Å²) in [6.45, 7) is -0.0995. The Labute approximate surface area is 152 Å². The maximum atomic E-state index is 12.8. The molecule has 1 aromatic carbocycles. The van der Waals surface area contributed by atoms with Crippen molar-refractivity contribution < 1.29 is 28.9 Å². The number of amides is 1. The molecule has 1 fully saturated rings. The van der Waals surface area contributed by atoms with Gasteiger partial charge in [-0.1, -0.05) is 0 Å². The third kappa shape index (κ3) is 3.23. The highest BCUT2D eigenvalue weighted by molar-refractivity contribution is 5.80. The highest BCUT2D eigenvalue weighted by atomic mass is 16.5. The number of benzene rings is 1. The molecule has 7 heteroatoms. The standard InChI is InChI=1S/C19H25NO6/c1-24-16-8-12-7-13(10-21)20-15(14(12)9-17(16)25-2)4-11(5-18(20)22)6-19(23)26-3/h8-9,11,13,15,21H,4-7,10H2,1-3H3/t11-,13+,15-/m1/s1. The molecule has 0 unspecified atom stereocenters. The molecule has 142 valence electrons. The zero-order valence-electron chi connectivity index (χ0n) is 15.4. The zero-order chi connectivity index (χ0) is 18.8. The molecule has 0 aromatic heterocycles. The molecule has 0 saturated carbocycles. The van der Waals surface area contributed by atoms with Gasteiger partial charge in [0.05, 0.1) is 40.0 Å². The molecule has 1 N–H and O–H groups in total. The zero-order valence-corrected chi connectivity index (χ0v) is 15.4. The van der Waals surface area contributed by atoms with Gasteiger partial charge in [-0.05, 0) is 42.0 Å². The van der Waals surface area contributed by atoms with Gasteiger partial charge in [0.25, 0.3) is 0 Å². The number of aliphatic hydroxyl groups is 1. The number of hydrogen-bond acceptors (Lipinski definition) is 6. The maximum Gasteiger partial charge on any atom is 0.305 e. The van der Waals surface area contributed by atoms with Crippen LogP contribution in [0, 0.1) is 5.92 Å². The molecule has 1 saturated heterocycles. The van der Waals surface area contributed by atoms with Crippen LogP contribution < -0.4 is 9.47 Å².